The Morgan fingerprint density at radius 3 is 1.67 bits per heavy atom. The molecular formula is C59H39N3O. The number of para-hydroxylation sites is 1. The molecule has 11 aromatic rings. The van der Waals surface area contributed by atoms with Crippen LogP contribution < -0.4 is 0 Å². The van der Waals surface area contributed by atoms with E-state index >= 15 is 0 Å². The number of aromatic nitrogens is 3. The minimum absolute atomic E-state index is 0.625. The molecule has 1 aliphatic rings. The molecule has 4 nitrogen and oxygen atoms in total. The summed E-state index contributed by atoms with van der Waals surface area (Å²) in [5, 5.41) is 5.80. The second-order valence-corrected chi connectivity index (χ2v) is 16.2. The van der Waals surface area contributed by atoms with Gasteiger partial charge in [0.05, 0.1) is 0 Å². The molecule has 296 valence electrons. The summed E-state index contributed by atoms with van der Waals surface area (Å²) < 4.78 is 6.97. The lowest BCUT2D eigenvalue weighted by Gasteiger charge is -2.15. The van der Waals surface area contributed by atoms with Crippen LogP contribution in [-0.2, 0) is 6.42 Å². The SMILES string of the molecule is C1=C(c2nc(-c3ccc(-c4cccc5ccccc45)cc3)nc(-c3ccc4ccccc4c3)n2)c2c(oc3c(-c4cc(-c5ccccc5)cc(-c5ccccc5)c4)cccc23)CC1. The third kappa shape index (κ3) is 6.70. The van der Waals surface area contributed by atoms with E-state index in [2.05, 4.69) is 212 Å². The van der Waals surface area contributed by atoms with E-state index in [0.717, 1.165) is 85.0 Å². The van der Waals surface area contributed by atoms with Gasteiger partial charge in [-0.25, -0.2) is 15.0 Å². The zero-order chi connectivity index (χ0) is 41.7. The average Bonchev–Trinajstić information content (AvgIpc) is 3.76. The van der Waals surface area contributed by atoms with Crippen molar-refractivity contribution in [2.45, 2.75) is 12.8 Å². The van der Waals surface area contributed by atoms with Gasteiger partial charge in [-0.05, 0) is 91.2 Å². The fourth-order valence-corrected chi connectivity index (χ4v) is 9.26. The molecule has 0 unspecified atom stereocenters. The third-order valence-corrected chi connectivity index (χ3v) is 12.4. The van der Waals surface area contributed by atoms with E-state index in [1.807, 2.05) is 0 Å². The van der Waals surface area contributed by atoms with Crippen LogP contribution in [0.5, 0.6) is 0 Å². The van der Waals surface area contributed by atoms with Crippen LogP contribution >= 0.6 is 0 Å². The van der Waals surface area contributed by atoms with Crippen molar-refractivity contribution < 1.29 is 4.42 Å². The number of hydrogen-bond acceptors (Lipinski definition) is 4. The number of allylic oxidation sites excluding steroid dienone is 1. The van der Waals surface area contributed by atoms with E-state index in [9.17, 15) is 0 Å². The first-order chi connectivity index (χ1) is 31.2. The molecule has 0 saturated heterocycles. The lowest BCUT2D eigenvalue weighted by molar-refractivity contribution is 0.546. The van der Waals surface area contributed by atoms with E-state index in [-0.39, 0.29) is 0 Å². The maximum Gasteiger partial charge on any atom is 0.164 e. The van der Waals surface area contributed by atoms with Gasteiger partial charge in [0.15, 0.2) is 17.5 Å². The molecule has 0 atom stereocenters. The molecule has 0 bridgehead atoms. The fraction of sp³-hybridized carbons (Fsp3) is 0.0339. The van der Waals surface area contributed by atoms with Crippen molar-refractivity contribution in [1.82, 2.24) is 15.0 Å². The highest BCUT2D eigenvalue weighted by Gasteiger charge is 2.27. The number of benzene rings is 9. The van der Waals surface area contributed by atoms with Gasteiger partial charge in [0.1, 0.15) is 11.3 Å². The summed E-state index contributed by atoms with van der Waals surface area (Å²) in [7, 11) is 0. The van der Waals surface area contributed by atoms with Crippen molar-refractivity contribution in [3.8, 4) is 67.3 Å². The first-order valence-electron chi connectivity index (χ1n) is 21.6. The van der Waals surface area contributed by atoms with Crippen LogP contribution in [-0.4, -0.2) is 15.0 Å². The van der Waals surface area contributed by atoms with E-state index in [4.69, 9.17) is 19.4 Å². The molecule has 0 fully saturated rings. The molecular weight excluding hydrogens is 767 g/mol. The quantitative estimate of drug-likeness (QED) is 0.161. The number of rotatable bonds is 7. The third-order valence-electron chi connectivity index (χ3n) is 12.4. The Morgan fingerprint density at radius 2 is 0.905 bits per heavy atom. The van der Waals surface area contributed by atoms with Crippen molar-refractivity contribution in [3.05, 3.63) is 229 Å². The first-order valence-corrected chi connectivity index (χ1v) is 21.6. The molecule has 9 aromatic carbocycles. The Morgan fingerprint density at radius 1 is 0.349 bits per heavy atom. The minimum Gasteiger partial charge on any atom is -0.460 e. The molecule has 0 radical (unpaired) electrons. The van der Waals surface area contributed by atoms with Gasteiger partial charge in [0, 0.05) is 39.6 Å². The highest BCUT2D eigenvalue weighted by atomic mass is 16.3. The largest absolute Gasteiger partial charge is 0.460 e. The standard InChI is InChI=1S/C59H39N3O/c1-3-14-38(15-4-1)46-35-47(39-16-5-2-6-17-39)37-48(36-46)51-24-12-25-52-55-53(26-13-27-54(55)63-56(51)52)59-61-57(60-58(62-59)45-33-28-40-18-7-8-20-44(40)34-45)43-31-29-42(30-32-43)50-23-11-21-41-19-9-10-22-49(41)50/h1-12,14-26,28-37H,13,27H2. The maximum absolute atomic E-state index is 6.97. The number of nitrogens with zero attached hydrogens (tertiary/aromatic N) is 3. The number of hydrogen-bond donors (Lipinski definition) is 0. The van der Waals surface area contributed by atoms with Crippen molar-refractivity contribution >= 4 is 38.1 Å². The molecule has 0 amide bonds. The van der Waals surface area contributed by atoms with Crippen LogP contribution in [0.4, 0.5) is 0 Å². The van der Waals surface area contributed by atoms with Crippen LogP contribution in [0.1, 0.15) is 23.6 Å². The van der Waals surface area contributed by atoms with Crippen molar-refractivity contribution in [2.24, 2.45) is 0 Å². The summed E-state index contributed by atoms with van der Waals surface area (Å²) in [6.07, 6.45) is 3.88. The fourth-order valence-electron chi connectivity index (χ4n) is 9.26. The van der Waals surface area contributed by atoms with Gasteiger partial charge in [-0.3, -0.25) is 0 Å². The van der Waals surface area contributed by atoms with Gasteiger partial charge in [0.25, 0.3) is 0 Å². The summed E-state index contributed by atoms with van der Waals surface area (Å²) in [5.41, 5.74) is 13.9. The predicted molar refractivity (Wildman–Crippen MR) is 259 cm³/mol. The van der Waals surface area contributed by atoms with Crippen LogP contribution in [0, 0.1) is 0 Å². The predicted octanol–water partition coefficient (Wildman–Crippen LogP) is 15.3. The van der Waals surface area contributed by atoms with E-state index in [0.29, 0.717) is 17.5 Å². The smallest absolute Gasteiger partial charge is 0.164 e. The number of aryl methyl sites for hydroxylation is 1. The molecule has 2 heterocycles. The maximum atomic E-state index is 6.97. The molecule has 1 aliphatic carbocycles. The molecule has 0 N–H and O–H groups in total. The van der Waals surface area contributed by atoms with Crippen LogP contribution in [0.25, 0.3) is 105 Å². The first kappa shape index (κ1) is 36.6. The molecule has 4 heteroatoms. The Kier molecular flexibility index (Phi) is 8.93. The second-order valence-electron chi connectivity index (χ2n) is 16.2. The molecule has 12 rings (SSSR count). The van der Waals surface area contributed by atoms with Crippen molar-refractivity contribution in [3.63, 3.8) is 0 Å². The Labute approximate surface area is 365 Å². The lowest BCUT2D eigenvalue weighted by atomic mass is 9.90. The summed E-state index contributed by atoms with van der Waals surface area (Å²) in [6, 6.07) is 73.0. The Hall–Kier alpha value is -8.21. The van der Waals surface area contributed by atoms with Gasteiger partial charge < -0.3 is 4.42 Å². The normalized spacial score (nSPS) is 12.4. The number of fused-ring (bicyclic) bond motifs is 5. The van der Waals surface area contributed by atoms with Gasteiger partial charge >= 0.3 is 0 Å². The molecule has 0 aliphatic heterocycles. The molecule has 63 heavy (non-hydrogen) atoms. The second kappa shape index (κ2) is 15.4. The van der Waals surface area contributed by atoms with Crippen LogP contribution in [0.3, 0.4) is 0 Å². The summed E-state index contributed by atoms with van der Waals surface area (Å²) in [5.74, 6) is 2.84. The molecule has 0 spiro atoms. The van der Waals surface area contributed by atoms with Gasteiger partial charge in [-0.1, -0.05) is 188 Å². The summed E-state index contributed by atoms with van der Waals surface area (Å²) >= 11 is 0. The Bertz CT molecular complexity index is 3490. The average molecular weight is 806 g/mol. The van der Waals surface area contributed by atoms with Gasteiger partial charge in [-0.15, -0.1) is 0 Å². The monoisotopic (exact) mass is 805 g/mol. The zero-order valence-corrected chi connectivity index (χ0v) is 34.4. The summed E-state index contributed by atoms with van der Waals surface area (Å²) in [4.78, 5) is 15.8. The van der Waals surface area contributed by atoms with Crippen molar-refractivity contribution in [1.29, 1.82) is 0 Å². The minimum atomic E-state index is 0.625. The topological polar surface area (TPSA) is 51.8 Å². The summed E-state index contributed by atoms with van der Waals surface area (Å²) in [6.45, 7) is 0. The van der Waals surface area contributed by atoms with Gasteiger partial charge in [-0.2, -0.15) is 0 Å². The van der Waals surface area contributed by atoms with E-state index in [1.165, 1.54) is 32.8 Å². The van der Waals surface area contributed by atoms with Crippen LogP contribution in [0.15, 0.2) is 217 Å². The Balaban J connectivity index is 1.00. The van der Waals surface area contributed by atoms with E-state index in [1.54, 1.807) is 0 Å². The van der Waals surface area contributed by atoms with Crippen LogP contribution in [0.2, 0.25) is 0 Å². The van der Waals surface area contributed by atoms with Crippen molar-refractivity contribution in [2.75, 3.05) is 0 Å². The highest BCUT2D eigenvalue weighted by Crippen LogP contribution is 2.44. The molecule has 2 aromatic heterocycles. The highest BCUT2D eigenvalue weighted by molar-refractivity contribution is 6.03. The number of furan rings is 1. The molecule has 0 saturated carbocycles. The lowest BCUT2D eigenvalue weighted by Crippen LogP contribution is -2.06. The zero-order valence-electron chi connectivity index (χ0n) is 34.4. The van der Waals surface area contributed by atoms with Gasteiger partial charge in [0.2, 0.25) is 0 Å². The van der Waals surface area contributed by atoms with E-state index < -0.39 is 0 Å².